The van der Waals surface area contributed by atoms with Gasteiger partial charge in [-0.15, -0.1) is 0 Å². The first-order valence-corrected chi connectivity index (χ1v) is 18.1. The van der Waals surface area contributed by atoms with Crippen LogP contribution in [0.1, 0.15) is 109 Å². The van der Waals surface area contributed by atoms with Crippen molar-refractivity contribution in [3.8, 4) is 0 Å². The van der Waals surface area contributed by atoms with E-state index in [4.69, 9.17) is 14.9 Å². The highest BCUT2D eigenvalue weighted by molar-refractivity contribution is 5.86. The minimum atomic E-state index is -1.50. The fourth-order valence-corrected chi connectivity index (χ4v) is 5.03. The summed E-state index contributed by atoms with van der Waals surface area (Å²) in [5.74, 6) is -5.04. The fourth-order valence-electron chi connectivity index (χ4n) is 5.03. The molecular formula is C36H55N5O12. The Bertz CT molecular complexity index is 1330. The van der Waals surface area contributed by atoms with Gasteiger partial charge in [0, 0.05) is 38.8 Å². The number of ether oxygens (including phenoxy) is 1. The van der Waals surface area contributed by atoms with Gasteiger partial charge in [0.1, 0.15) is 24.7 Å². The minimum Gasteiger partial charge on any atom is -0.481 e. The normalized spacial score (nSPS) is 12.3. The second-order valence-corrected chi connectivity index (χ2v) is 12.5. The molecule has 1 aromatic carbocycles. The van der Waals surface area contributed by atoms with Crippen molar-refractivity contribution in [2.24, 2.45) is 0 Å². The Labute approximate surface area is 309 Å². The molecule has 0 fully saturated rings. The zero-order valence-corrected chi connectivity index (χ0v) is 30.4. The first-order chi connectivity index (χ1) is 25.3. The Hall–Kier alpha value is -5.22. The number of benzene rings is 1. The molecule has 0 aliphatic heterocycles. The second kappa shape index (κ2) is 27.4. The van der Waals surface area contributed by atoms with Crippen molar-refractivity contribution < 1.29 is 58.4 Å². The Kier molecular flexibility index (Phi) is 23.7. The molecule has 0 radical (unpaired) electrons. The lowest BCUT2D eigenvalue weighted by atomic mass is 10.1. The van der Waals surface area contributed by atoms with E-state index in [2.05, 4.69) is 26.6 Å². The molecule has 0 saturated carbocycles. The van der Waals surface area contributed by atoms with Crippen LogP contribution in [0.25, 0.3) is 0 Å². The lowest BCUT2D eigenvalue weighted by Crippen LogP contribution is -2.51. The van der Waals surface area contributed by atoms with Crippen LogP contribution in [0.5, 0.6) is 0 Å². The van der Waals surface area contributed by atoms with Gasteiger partial charge in [0.05, 0.1) is 0 Å². The molecule has 0 saturated heterocycles. The highest BCUT2D eigenvalue weighted by Crippen LogP contribution is 2.10. The predicted octanol–water partition coefficient (Wildman–Crippen LogP) is 2.61. The molecule has 0 spiro atoms. The van der Waals surface area contributed by atoms with Gasteiger partial charge in [-0.1, -0.05) is 50.1 Å². The van der Waals surface area contributed by atoms with Crippen molar-refractivity contribution in [1.82, 2.24) is 26.6 Å². The summed E-state index contributed by atoms with van der Waals surface area (Å²) < 4.78 is 5.46. The number of amides is 5. The largest absolute Gasteiger partial charge is 0.481 e. The Morgan fingerprint density at radius 1 is 0.585 bits per heavy atom. The minimum absolute atomic E-state index is 0.0212. The summed E-state index contributed by atoms with van der Waals surface area (Å²) in [7, 11) is 0. The fraction of sp³-hybridized carbons (Fsp3) is 0.611. The summed E-state index contributed by atoms with van der Waals surface area (Å²) in [5, 5.41) is 39.8. The highest BCUT2D eigenvalue weighted by atomic mass is 16.5. The molecule has 17 heteroatoms. The van der Waals surface area contributed by atoms with Gasteiger partial charge in [-0.05, 0) is 63.4 Å². The number of rotatable bonds is 29. The summed E-state index contributed by atoms with van der Waals surface area (Å²) >= 11 is 0. The monoisotopic (exact) mass is 749 g/mol. The van der Waals surface area contributed by atoms with Crippen LogP contribution in [0, 0.1) is 0 Å². The summed E-state index contributed by atoms with van der Waals surface area (Å²) in [6.45, 7) is 2.63. The average molecular weight is 750 g/mol. The maximum absolute atomic E-state index is 12.8. The van der Waals surface area contributed by atoms with E-state index < -0.39 is 54.5 Å². The molecule has 1 unspecified atom stereocenters. The van der Waals surface area contributed by atoms with Gasteiger partial charge in [0.2, 0.25) is 17.7 Å². The van der Waals surface area contributed by atoms with Gasteiger partial charge in [0.25, 0.3) is 0 Å². The first-order valence-electron chi connectivity index (χ1n) is 18.1. The smallest absolute Gasteiger partial charge is 0.328 e. The highest BCUT2D eigenvalue weighted by Gasteiger charge is 2.25. The van der Waals surface area contributed by atoms with Crippen molar-refractivity contribution in [3.05, 3.63) is 35.9 Å². The summed E-state index contributed by atoms with van der Waals surface area (Å²) in [6, 6.07) is 4.55. The quantitative estimate of drug-likeness (QED) is 0.0434. The summed E-state index contributed by atoms with van der Waals surface area (Å²) in [6.07, 6.45) is 5.00. The number of carboxylic acid groups (broad SMARTS) is 3. The lowest BCUT2D eigenvalue weighted by Gasteiger charge is -2.18. The van der Waals surface area contributed by atoms with Crippen LogP contribution < -0.4 is 26.6 Å². The van der Waals surface area contributed by atoms with Gasteiger partial charge in [-0.25, -0.2) is 19.2 Å². The summed E-state index contributed by atoms with van der Waals surface area (Å²) in [4.78, 5) is 94.7. The lowest BCUT2D eigenvalue weighted by molar-refractivity contribution is -0.149. The molecular weight excluding hydrogens is 694 g/mol. The molecule has 1 rings (SSSR count). The molecule has 0 bridgehead atoms. The van der Waals surface area contributed by atoms with E-state index in [1.165, 1.54) is 0 Å². The molecule has 53 heavy (non-hydrogen) atoms. The SMILES string of the molecule is CCC(=O)NCCCC[C@H](NC(=O)CCCCCCC(=O)NCCCC[C@H](NC(=O)NC(CCC(=O)O)C(=O)O)C(=O)O)C(=O)OCc1ccccc1. The molecule has 0 aliphatic carbocycles. The van der Waals surface area contributed by atoms with E-state index >= 15 is 0 Å². The van der Waals surface area contributed by atoms with Crippen LogP contribution in [-0.2, 0) is 44.9 Å². The number of nitrogens with one attached hydrogen (secondary N) is 5. The number of carbonyl (C=O) groups excluding carboxylic acids is 5. The van der Waals surface area contributed by atoms with Gasteiger partial charge in [0.15, 0.2) is 0 Å². The van der Waals surface area contributed by atoms with Crippen molar-refractivity contribution >= 4 is 47.6 Å². The van der Waals surface area contributed by atoms with Crippen LogP contribution >= 0.6 is 0 Å². The molecule has 0 aliphatic rings. The number of carboxylic acids is 3. The van der Waals surface area contributed by atoms with E-state index in [-0.39, 0.29) is 56.6 Å². The van der Waals surface area contributed by atoms with Gasteiger partial charge < -0.3 is 46.6 Å². The molecule has 0 aromatic heterocycles. The number of hydrogen-bond acceptors (Lipinski definition) is 9. The first kappa shape index (κ1) is 45.8. The second-order valence-electron chi connectivity index (χ2n) is 12.5. The van der Waals surface area contributed by atoms with E-state index in [1.807, 2.05) is 30.3 Å². The Balaban J connectivity index is 2.31. The van der Waals surface area contributed by atoms with Crippen molar-refractivity contribution in [2.45, 2.75) is 128 Å². The van der Waals surface area contributed by atoms with Gasteiger partial charge in [-0.3, -0.25) is 19.2 Å². The molecule has 8 N–H and O–H groups in total. The van der Waals surface area contributed by atoms with Crippen LogP contribution in [-0.4, -0.2) is 94.2 Å². The molecule has 17 nitrogen and oxygen atoms in total. The van der Waals surface area contributed by atoms with Gasteiger partial charge >= 0.3 is 29.9 Å². The van der Waals surface area contributed by atoms with Crippen LogP contribution in [0.4, 0.5) is 4.79 Å². The van der Waals surface area contributed by atoms with Crippen LogP contribution in [0.2, 0.25) is 0 Å². The van der Waals surface area contributed by atoms with Gasteiger partial charge in [-0.2, -0.15) is 0 Å². The third-order valence-electron chi connectivity index (χ3n) is 8.06. The predicted molar refractivity (Wildman–Crippen MR) is 191 cm³/mol. The maximum Gasteiger partial charge on any atom is 0.328 e. The number of urea groups is 1. The van der Waals surface area contributed by atoms with Crippen LogP contribution in [0.3, 0.4) is 0 Å². The zero-order valence-electron chi connectivity index (χ0n) is 30.4. The number of hydrogen-bond donors (Lipinski definition) is 8. The van der Waals surface area contributed by atoms with Crippen molar-refractivity contribution in [1.29, 1.82) is 0 Å². The zero-order chi connectivity index (χ0) is 39.4. The Morgan fingerprint density at radius 2 is 1.11 bits per heavy atom. The molecule has 296 valence electrons. The number of unbranched alkanes of at least 4 members (excludes halogenated alkanes) is 5. The molecule has 1 aromatic rings. The topological polar surface area (TPSA) is 267 Å². The third-order valence-corrected chi connectivity index (χ3v) is 8.06. The van der Waals surface area contributed by atoms with E-state index in [0.29, 0.717) is 70.8 Å². The standard InChI is InChI=1S/C36H55N5O12/c1-2-29(42)37-22-13-11-17-28(35(51)53-24-25-14-6-5-7-15-25)39-31(44)19-9-4-3-8-18-30(43)38-23-12-10-16-26(33(47)48)40-36(52)41-27(34(49)50)20-21-32(45)46/h5-7,14-15,26-28H,2-4,8-13,16-24H2,1H3,(H,37,42)(H,38,43)(H,39,44)(H,45,46)(H,47,48)(H,49,50)(H2,40,41,52)/t26-,27?,28-/m0/s1. The number of carbonyl (C=O) groups is 8. The molecule has 3 atom stereocenters. The van der Waals surface area contributed by atoms with E-state index in [9.17, 15) is 43.5 Å². The average Bonchev–Trinajstić information content (AvgIpc) is 3.12. The van der Waals surface area contributed by atoms with Crippen molar-refractivity contribution in [3.63, 3.8) is 0 Å². The summed E-state index contributed by atoms with van der Waals surface area (Å²) in [5.41, 5.74) is 0.830. The van der Waals surface area contributed by atoms with Crippen molar-refractivity contribution in [2.75, 3.05) is 13.1 Å². The maximum atomic E-state index is 12.8. The van der Waals surface area contributed by atoms with E-state index in [1.54, 1.807) is 6.92 Å². The molecule has 5 amide bonds. The molecule has 0 heterocycles. The number of esters is 1. The Morgan fingerprint density at radius 3 is 1.66 bits per heavy atom. The van der Waals surface area contributed by atoms with E-state index in [0.717, 1.165) is 5.56 Å². The van der Waals surface area contributed by atoms with Crippen LogP contribution in [0.15, 0.2) is 30.3 Å². The number of aliphatic carboxylic acids is 3. The third kappa shape index (κ3) is 23.1.